The van der Waals surface area contributed by atoms with Crippen LogP contribution in [0, 0.1) is 0 Å². The molecule has 4 rings (SSSR count). The summed E-state index contributed by atoms with van der Waals surface area (Å²) in [5, 5.41) is 8.28. The molecule has 0 aliphatic heterocycles. The van der Waals surface area contributed by atoms with Crippen molar-refractivity contribution in [1.82, 2.24) is 20.1 Å². The first-order valence-corrected chi connectivity index (χ1v) is 9.00. The Balaban J connectivity index is 1.64. The Morgan fingerprint density at radius 1 is 1.15 bits per heavy atom. The molecule has 1 amide bonds. The molecule has 1 aliphatic rings. The normalized spacial score (nSPS) is 14.8. The number of carbonyl (C=O) groups is 1. The topological polar surface area (TPSA) is 59.8 Å². The molecule has 132 valence electrons. The molecule has 1 atom stereocenters. The molecule has 0 bridgehead atoms. The number of hydrogen-bond acceptors (Lipinski definition) is 3. The van der Waals surface area contributed by atoms with Gasteiger partial charge in [0.05, 0.1) is 11.7 Å². The molecule has 26 heavy (non-hydrogen) atoms. The van der Waals surface area contributed by atoms with Crippen LogP contribution in [0.15, 0.2) is 54.9 Å². The van der Waals surface area contributed by atoms with Gasteiger partial charge in [-0.3, -0.25) is 14.5 Å². The van der Waals surface area contributed by atoms with E-state index in [1.165, 1.54) is 0 Å². The first-order valence-electron chi connectivity index (χ1n) is 8.62. The van der Waals surface area contributed by atoms with Crippen LogP contribution in [-0.4, -0.2) is 20.7 Å². The molecule has 1 aromatic carbocycles. The number of nitrogens with one attached hydrogen (secondary N) is 1. The minimum absolute atomic E-state index is 0.149. The zero-order valence-corrected chi connectivity index (χ0v) is 15.1. The van der Waals surface area contributed by atoms with Crippen LogP contribution in [0.25, 0.3) is 0 Å². The fourth-order valence-corrected chi connectivity index (χ4v) is 3.18. The van der Waals surface area contributed by atoms with Gasteiger partial charge in [-0.25, -0.2) is 0 Å². The summed E-state index contributed by atoms with van der Waals surface area (Å²) in [4.78, 5) is 17.0. The second kappa shape index (κ2) is 6.92. The Labute approximate surface area is 157 Å². The molecule has 1 N–H and O–H groups in total. The number of amides is 1. The number of hydrogen-bond donors (Lipinski definition) is 1. The molecular formula is C20H19ClN4O. The molecule has 1 fully saturated rings. The van der Waals surface area contributed by atoms with E-state index in [1.54, 1.807) is 17.1 Å². The number of pyridine rings is 1. The molecular weight excluding hydrogens is 348 g/mol. The molecule has 6 heteroatoms. The summed E-state index contributed by atoms with van der Waals surface area (Å²) in [5.74, 6) is 0.360. The lowest BCUT2D eigenvalue weighted by atomic mass is 9.99. The van der Waals surface area contributed by atoms with Crippen LogP contribution in [0.1, 0.15) is 52.1 Å². The largest absolute Gasteiger partial charge is 0.340 e. The highest BCUT2D eigenvalue weighted by Crippen LogP contribution is 2.39. The first-order chi connectivity index (χ1) is 12.6. The average Bonchev–Trinajstić information content (AvgIpc) is 3.43. The van der Waals surface area contributed by atoms with Gasteiger partial charge >= 0.3 is 0 Å². The van der Waals surface area contributed by atoms with E-state index in [4.69, 9.17) is 11.6 Å². The van der Waals surface area contributed by atoms with Crippen molar-refractivity contribution < 1.29 is 4.79 Å². The van der Waals surface area contributed by atoms with Gasteiger partial charge in [0.1, 0.15) is 5.69 Å². The van der Waals surface area contributed by atoms with Crippen LogP contribution in [0.4, 0.5) is 0 Å². The van der Waals surface area contributed by atoms with E-state index in [1.807, 2.05) is 49.5 Å². The summed E-state index contributed by atoms with van der Waals surface area (Å²) in [5.41, 5.74) is 3.49. The molecule has 1 saturated carbocycles. The van der Waals surface area contributed by atoms with E-state index in [0.717, 1.165) is 29.7 Å². The lowest BCUT2D eigenvalue weighted by molar-refractivity contribution is 0.0933. The number of aromatic nitrogens is 3. The van der Waals surface area contributed by atoms with Crippen molar-refractivity contribution in [2.75, 3.05) is 0 Å². The van der Waals surface area contributed by atoms with Crippen molar-refractivity contribution in [3.05, 3.63) is 82.4 Å². The molecule has 0 saturated heterocycles. The molecule has 0 radical (unpaired) electrons. The van der Waals surface area contributed by atoms with Gasteiger partial charge in [0.15, 0.2) is 0 Å². The first kappa shape index (κ1) is 16.8. The quantitative estimate of drug-likeness (QED) is 0.745. The van der Waals surface area contributed by atoms with Crippen molar-refractivity contribution >= 4 is 17.5 Å². The number of nitrogens with zero attached hydrogens (tertiary/aromatic N) is 3. The maximum atomic E-state index is 12.9. The van der Waals surface area contributed by atoms with Gasteiger partial charge in [-0.2, -0.15) is 5.10 Å². The van der Waals surface area contributed by atoms with E-state index in [0.29, 0.717) is 16.6 Å². The predicted molar refractivity (Wildman–Crippen MR) is 100 cm³/mol. The van der Waals surface area contributed by atoms with Crippen LogP contribution in [0.2, 0.25) is 5.02 Å². The van der Waals surface area contributed by atoms with Gasteiger partial charge < -0.3 is 5.32 Å². The Hall–Kier alpha value is -2.66. The lowest BCUT2D eigenvalue weighted by Gasteiger charge is -2.20. The van der Waals surface area contributed by atoms with E-state index >= 15 is 0 Å². The maximum absolute atomic E-state index is 12.9. The fourth-order valence-electron chi connectivity index (χ4n) is 3.06. The Morgan fingerprint density at radius 3 is 2.46 bits per heavy atom. The van der Waals surface area contributed by atoms with E-state index in [2.05, 4.69) is 15.4 Å². The highest BCUT2D eigenvalue weighted by Gasteiger charge is 2.28. The maximum Gasteiger partial charge on any atom is 0.270 e. The molecule has 3 aromatic rings. The van der Waals surface area contributed by atoms with Crippen LogP contribution in [-0.2, 0) is 7.05 Å². The third-order valence-corrected chi connectivity index (χ3v) is 4.90. The van der Waals surface area contributed by atoms with Gasteiger partial charge in [-0.15, -0.1) is 0 Å². The molecule has 5 nitrogen and oxygen atoms in total. The standard InChI is InChI=1S/C20H19ClN4O/c1-25-18(12-17(24-25)13-2-3-13)20(26)23-19(15-8-10-22-11-9-15)14-4-6-16(21)7-5-14/h4-13,19H,2-3H2,1H3,(H,23,26). The van der Waals surface area contributed by atoms with Crippen LogP contribution < -0.4 is 5.32 Å². The summed E-state index contributed by atoms with van der Waals surface area (Å²) in [6, 6.07) is 12.9. The molecule has 1 aliphatic carbocycles. The predicted octanol–water partition coefficient (Wildman–Crippen LogP) is 3.87. The van der Waals surface area contributed by atoms with Crippen molar-refractivity contribution in [2.45, 2.75) is 24.8 Å². The van der Waals surface area contributed by atoms with Crippen molar-refractivity contribution in [3.8, 4) is 0 Å². The minimum atomic E-state index is -0.290. The Kier molecular flexibility index (Phi) is 4.47. The van der Waals surface area contributed by atoms with E-state index in [9.17, 15) is 4.79 Å². The summed E-state index contributed by atoms with van der Waals surface area (Å²) in [7, 11) is 1.81. The zero-order valence-electron chi connectivity index (χ0n) is 14.4. The molecule has 2 heterocycles. The minimum Gasteiger partial charge on any atom is -0.340 e. The monoisotopic (exact) mass is 366 g/mol. The number of aryl methyl sites for hydroxylation is 1. The van der Waals surface area contributed by atoms with Crippen molar-refractivity contribution in [2.24, 2.45) is 7.05 Å². The summed E-state index contributed by atoms with van der Waals surface area (Å²) in [6.45, 7) is 0. The summed E-state index contributed by atoms with van der Waals surface area (Å²) >= 11 is 6.01. The van der Waals surface area contributed by atoms with Crippen LogP contribution in [0.3, 0.4) is 0 Å². The van der Waals surface area contributed by atoms with Gasteiger partial charge in [0.2, 0.25) is 0 Å². The number of benzene rings is 1. The SMILES string of the molecule is Cn1nc(C2CC2)cc1C(=O)NC(c1ccncc1)c1ccc(Cl)cc1. The number of halogens is 1. The fraction of sp³-hybridized carbons (Fsp3) is 0.250. The lowest BCUT2D eigenvalue weighted by Crippen LogP contribution is -2.30. The van der Waals surface area contributed by atoms with Crippen molar-refractivity contribution in [1.29, 1.82) is 0 Å². The highest BCUT2D eigenvalue weighted by molar-refractivity contribution is 6.30. The molecule has 0 spiro atoms. The third kappa shape index (κ3) is 3.48. The van der Waals surface area contributed by atoms with Gasteiger partial charge in [-0.1, -0.05) is 23.7 Å². The average molecular weight is 367 g/mol. The van der Waals surface area contributed by atoms with Crippen LogP contribution in [0.5, 0.6) is 0 Å². The number of rotatable bonds is 5. The molecule has 2 aromatic heterocycles. The molecule has 1 unspecified atom stereocenters. The smallest absolute Gasteiger partial charge is 0.270 e. The number of carbonyl (C=O) groups excluding carboxylic acids is 1. The third-order valence-electron chi connectivity index (χ3n) is 4.65. The highest BCUT2D eigenvalue weighted by atomic mass is 35.5. The zero-order chi connectivity index (χ0) is 18.1. The van der Waals surface area contributed by atoms with E-state index in [-0.39, 0.29) is 11.9 Å². The summed E-state index contributed by atoms with van der Waals surface area (Å²) < 4.78 is 1.66. The second-order valence-corrected chi connectivity index (χ2v) is 7.03. The van der Waals surface area contributed by atoms with Gasteiger partial charge in [0, 0.05) is 30.4 Å². The van der Waals surface area contributed by atoms with Crippen LogP contribution >= 0.6 is 11.6 Å². The Bertz CT molecular complexity index is 917. The van der Waals surface area contributed by atoms with Gasteiger partial charge in [0.25, 0.3) is 5.91 Å². The van der Waals surface area contributed by atoms with E-state index < -0.39 is 0 Å². The Morgan fingerprint density at radius 2 is 1.81 bits per heavy atom. The van der Waals surface area contributed by atoms with Crippen molar-refractivity contribution in [3.63, 3.8) is 0 Å². The van der Waals surface area contributed by atoms with Gasteiger partial charge in [-0.05, 0) is 54.3 Å². The second-order valence-electron chi connectivity index (χ2n) is 6.59. The summed E-state index contributed by atoms with van der Waals surface area (Å²) in [6.07, 6.45) is 5.75.